The summed E-state index contributed by atoms with van der Waals surface area (Å²) < 4.78 is 39.4. The molecule has 5 fully saturated rings. The Hall–Kier alpha value is -4.59. The van der Waals surface area contributed by atoms with Gasteiger partial charge in [0.15, 0.2) is 15.6 Å². The number of rotatable bonds is 14. The molecule has 10 rings (SSSR count). The average Bonchev–Trinajstić information content (AvgIpc) is 3.68. The van der Waals surface area contributed by atoms with E-state index in [0.29, 0.717) is 58.8 Å². The van der Waals surface area contributed by atoms with E-state index < -0.39 is 26.3 Å². The summed E-state index contributed by atoms with van der Waals surface area (Å²) in [5.41, 5.74) is 6.79. The number of anilines is 1. The number of piperazine rings is 1. The maximum Gasteiger partial charge on any atom is 0.273 e. The minimum Gasteiger partial charge on any atom is -0.455 e. The van der Waals surface area contributed by atoms with Gasteiger partial charge in [-0.05, 0) is 117 Å². The van der Waals surface area contributed by atoms with E-state index in [9.17, 15) is 23.3 Å². The lowest BCUT2D eigenvalue weighted by molar-refractivity contribution is -0.385. The maximum atomic E-state index is 14.0. The third-order valence-electron chi connectivity index (χ3n) is 14.2. The van der Waals surface area contributed by atoms with E-state index >= 15 is 0 Å². The van der Waals surface area contributed by atoms with Gasteiger partial charge in [-0.1, -0.05) is 38.0 Å². The van der Waals surface area contributed by atoms with E-state index in [-0.39, 0.29) is 21.9 Å². The van der Waals surface area contributed by atoms with E-state index in [0.717, 1.165) is 69.1 Å². The SMILES string of the molecule is CC1(C)CCC(CN2CCN(c3ccc(C(=O)CS(=O)(=O)c4ccc(CCC5CCOCC5)c([N+](=O)[O-])c4)c(Oc4cnc5[nH]ccc5c4)c3)CC2)=C(C23CC(C)(C2)C3)C1. The van der Waals surface area contributed by atoms with Gasteiger partial charge >= 0.3 is 0 Å². The van der Waals surface area contributed by atoms with Crippen LogP contribution >= 0.6 is 0 Å². The molecule has 0 spiro atoms. The van der Waals surface area contributed by atoms with Gasteiger partial charge in [-0.3, -0.25) is 19.8 Å². The summed E-state index contributed by atoms with van der Waals surface area (Å²) in [4.78, 5) is 37.8. The smallest absolute Gasteiger partial charge is 0.273 e. The van der Waals surface area contributed by atoms with Crippen molar-refractivity contribution in [2.75, 3.05) is 56.6 Å². The molecule has 6 aliphatic rings. The Labute approximate surface area is 352 Å². The normalized spacial score (nSPS) is 24.6. The Morgan fingerprint density at radius 2 is 1.78 bits per heavy atom. The number of ether oxygens (including phenoxy) is 2. The van der Waals surface area contributed by atoms with E-state index in [1.54, 1.807) is 29.6 Å². The molecule has 3 saturated carbocycles. The van der Waals surface area contributed by atoms with E-state index in [2.05, 4.69) is 40.5 Å². The van der Waals surface area contributed by atoms with Gasteiger partial charge in [-0.2, -0.15) is 0 Å². The lowest BCUT2D eigenvalue weighted by atomic mass is 9.33. The van der Waals surface area contributed by atoms with Crippen LogP contribution in [0.5, 0.6) is 11.5 Å². The molecule has 2 aromatic carbocycles. The number of Topliss-reactive ketones (excluding diaryl/α,β-unsaturated/α-hetero) is 1. The average molecular weight is 836 g/mol. The quantitative estimate of drug-likeness (QED) is 0.0565. The van der Waals surface area contributed by atoms with Crippen molar-refractivity contribution in [3.05, 3.63) is 93.3 Å². The van der Waals surface area contributed by atoms with Crippen molar-refractivity contribution in [3.63, 3.8) is 0 Å². The zero-order valence-electron chi connectivity index (χ0n) is 35.1. The second-order valence-corrected chi connectivity index (χ2v) is 21.5. The number of hydrogen-bond acceptors (Lipinski definition) is 10. The van der Waals surface area contributed by atoms with Gasteiger partial charge in [0.1, 0.15) is 22.9 Å². The second-order valence-electron chi connectivity index (χ2n) is 19.5. The number of fused-ring (bicyclic) bond motifs is 1. The number of aromatic amines is 1. The van der Waals surface area contributed by atoms with Crippen LogP contribution in [-0.4, -0.2) is 85.7 Å². The van der Waals surface area contributed by atoms with E-state index in [4.69, 9.17) is 9.47 Å². The minimum absolute atomic E-state index is 0.111. The highest BCUT2D eigenvalue weighted by molar-refractivity contribution is 7.92. The highest BCUT2D eigenvalue weighted by Gasteiger charge is 2.66. The Bertz CT molecular complexity index is 2440. The van der Waals surface area contributed by atoms with Crippen molar-refractivity contribution in [3.8, 4) is 11.5 Å². The molecule has 60 heavy (non-hydrogen) atoms. The molecule has 0 unspecified atom stereocenters. The zero-order chi connectivity index (χ0) is 41.9. The molecule has 0 radical (unpaired) electrons. The monoisotopic (exact) mass is 835 g/mol. The number of aromatic nitrogens is 2. The molecule has 0 atom stereocenters. The van der Waals surface area contributed by atoms with Crippen LogP contribution in [0, 0.1) is 32.3 Å². The van der Waals surface area contributed by atoms with Crippen LogP contribution in [0.1, 0.15) is 94.5 Å². The first-order chi connectivity index (χ1) is 28.7. The first-order valence-electron chi connectivity index (χ1n) is 21.7. The molecule has 4 aliphatic carbocycles. The molecular weight excluding hydrogens is 779 g/mol. The van der Waals surface area contributed by atoms with Gasteiger partial charge in [0.25, 0.3) is 5.69 Å². The number of aryl methyl sites for hydroxylation is 1. The Kier molecular flexibility index (Phi) is 10.7. The third-order valence-corrected chi connectivity index (χ3v) is 15.9. The predicted octanol–water partition coefficient (Wildman–Crippen LogP) is 9.10. The van der Waals surface area contributed by atoms with Crippen molar-refractivity contribution in [2.45, 2.75) is 89.9 Å². The lowest BCUT2D eigenvalue weighted by Gasteiger charge is -2.72. The number of carbonyl (C=O) groups is 1. The van der Waals surface area contributed by atoms with Crippen LogP contribution in [0.3, 0.4) is 0 Å². The number of benzene rings is 2. The van der Waals surface area contributed by atoms with Crippen LogP contribution in [0.25, 0.3) is 11.0 Å². The zero-order valence-corrected chi connectivity index (χ0v) is 36.0. The number of nitrogens with zero attached hydrogens (tertiary/aromatic N) is 4. The maximum absolute atomic E-state index is 14.0. The van der Waals surface area contributed by atoms with Gasteiger partial charge in [0, 0.05) is 80.9 Å². The summed E-state index contributed by atoms with van der Waals surface area (Å²) in [5.74, 6) is -0.493. The second kappa shape index (κ2) is 15.7. The number of nitro benzene ring substituents is 1. The Morgan fingerprint density at radius 1 is 1.02 bits per heavy atom. The summed E-state index contributed by atoms with van der Waals surface area (Å²) >= 11 is 0. The number of nitro groups is 1. The number of nitrogens with one attached hydrogen (secondary N) is 1. The molecule has 4 aromatic rings. The van der Waals surface area contributed by atoms with Gasteiger partial charge in [-0.15, -0.1) is 0 Å². The van der Waals surface area contributed by atoms with Crippen LogP contribution in [0.2, 0.25) is 0 Å². The summed E-state index contributed by atoms with van der Waals surface area (Å²) in [5, 5.41) is 13.0. The fourth-order valence-corrected chi connectivity index (χ4v) is 12.3. The number of sulfone groups is 1. The third kappa shape index (κ3) is 8.24. The molecule has 12 nitrogen and oxygen atoms in total. The molecule has 2 aliphatic heterocycles. The van der Waals surface area contributed by atoms with Crippen LogP contribution < -0.4 is 9.64 Å². The number of H-pyrrole nitrogens is 1. The molecule has 0 amide bonds. The van der Waals surface area contributed by atoms with Gasteiger partial charge in [-0.25, -0.2) is 13.4 Å². The van der Waals surface area contributed by atoms with Crippen LogP contribution in [-0.2, 0) is 21.0 Å². The largest absolute Gasteiger partial charge is 0.455 e. The summed E-state index contributed by atoms with van der Waals surface area (Å²) in [7, 11) is -4.26. The number of allylic oxidation sites excluding steroid dienone is 1. The predicted molar refractivity (Wildman–Crippen MR) is 232 cm³/mol. The number of hydrogen-bond donors (Lipinski definition) is 1. The molecule has 318 valence electrons. The number of pyridine rings is 1. The molecule has 2 saturated heterocycles. The molecule has 1 N–H and O–H groups in total. The fraction of sp³-hybridized carbons (Fsp3) is 0.532. The summed E-state index contributed by atoms with van der Waals surface area (Å²) in [6, 6.07) is 13.0. The van der Waals surface area contributed by atoms with Crippen molar-refractivity contribution >= 4 is 38.0 Å². The topological polar surface area (TPSA) is 148 Å². The van der Waals surface area contributed by atoms with Crippen molar-refractivity contribution in [1.29, 1.82) is 0 Å². The van der Waals surface area contributed by atoms with Gasteiger partial charge in [0.2, 0.25) is 0 Å². The van der Waals surface area contributed by atoms with Crippen LogP contribution in [0.4, 0.5) is 11.4 Å². The number of carbonyl (C=O) groups excluding carboxylic acids is 1. The van der Waals surface area contributed by atoms with Crippen molar-refractivity contribution in [2.24, 2.45) is 22.2 Å². The standard InChI is InChI=1S/C47H57N5O7S/c1-45(2)14-10-35(40(25-45)47-29-46(3,30-47)31-47)27-50-16-18-51(19-17-50)36-7-9-39(43(23-36)59-37-22-34-11-15-48-44(34)49-26-37)42(53)28-60(56,57)38-8-6-33(41(24-38)52(54)55)5-4-32-12-20-58-21-13-32/h6-9,11,15,22-24,26,32H,4-5,10,12-14,16-21,25,27-31H2,1-3H3,(H,48,49). The number of ketones is 1. The van der Waals surface area contributed by atoms with Gasteiger partial charge < -0.3 is 19.4 Å². The van der Waals surface area contributed by atoms with E-state index in [1.165, 1.54) is 50.7 Å². The lowest BCUT2D eigenvalue weighted by Crippen LogP contribution is -2.61. The first kappa shape index (κ1) is 40.8. The van der Waals surface area contributed by atoms with Crippen LogP contribution in [0.15, 0.2) is 77.0 Å². The molecule has 13 heteroatoms. The Balaban J connectivity index is 0.922. The minimum atomic E-state index is -4.26. The molecule has 4 heterocycles. The highest BCUT2D eigenvalue weighted by atomic mass is 32.2. The van der Waals surface area contributed by atoms with Crippen molar-refractivity contribution in [1.82, 2.24) is 14.9 Å². The molecule has 2 bridgehead atoms. The molecular formula is C47H57N5O7S. The first-order valence-corrected chi connectivity index (χ1v) is 23.4. The Morgan fingerprint density at radius 3 is 2.52 bits per heavy atom. The summed E-state index contributed by atoms with van der Waals surface area (Å²) in [6.07, 6.45) is 14.1. The van der Waals surface area contributed by atoms with Crippen molar-refractivity contribution < 1.29 is 27.6 Å². The molecule has 2 aromatic heterocycles. The van der Waals surface area contributed by atoms with Gasteiger partial charge in [0.05, 0.1) is 21.6 Å². The van der Waals surface area contributed by atoms with E-state index in [1.807, 2.05) is 24.3 Å². The summed E-state index contributed by atoms with van der Waals surface area (Å²) in [6.45, 7) is 13.1. The highest BCUT2D eigenvalue weighted by Crippen LogP contribution is 2.77. The fourth-order valence-electron chi connectivity index (χ4n) is 11.1.